The monoisotopic (exact) mass is 378 g/mol. The number of hydrogen-bond acceptors (Lipinski definition) is 4. The fraction of sp³-hybridized carbons (Fsp3) is 0.391. The van der Waals surface area contributed by atoms with E-state index in [0.29, 0.717) is 19.0 Å². The number of carbonyl (C=O) groups is 2. The molecular weight excluding hydrogens is 352 g/mol. The molecular formula is C23H26N2O3. The highest BCUT2D eigenvalue weighted by Gasteiger charge is 2.25. The molecule has 1 heterocycles. The van der Waals surface area contributed by atoms with Crippen molar-refractivity contribution in [3.05, 3.63) is 64.7 Å². The van der Waals surface area contributed by atoms with Gasteiger partial charge in [0.15, 0.2) is 5.78 Å². The number of ketones is 1. The summed E-state index contributed by atoms with van der Waals surface area (Å²) in [6.45, 7) is 4.73. The van der Waals surface area contributed by atoms with Gasteiger partial charge in [0.25, 0.3) is 0 Å². The lowest BCUT2D eigenvalue weighted by Crippen LogP contribution is -2.34. The minimum absolute atomic E-state index is 0.0318. The van der Waals surface area contributed by atoms with Crippen molar-refractivity contribution < 1.29 is 14.3 Å². The van der Waals surface area contributed by atoms with Crippen LogP contribution in [0.1, 0.15) is 46.8 Å². The predicted molar refractivity (Wildman–Crippen MR) is 107 cm³/mol. The molecule has 28 heavy (non-hydrogen) atoms. The fourth-order valence-electron chi connectivity index (χ4n) is 3.49. The van der Waals surface area contributed by atoms with Crippen molar-refractivity contribution in [2.45, 2.75) is 39.4 Å². The average molecular weight is 378 g/mol. The Bertz CT molecular complexity index is 872. The van der Waals surface area contributed by atoms with Gasteiger partial charge in [0.1, 0.15) is 5.75 Å². The number of hydrogen-bond donors (Lipinski definition) is 1. The average Bonchev–Trinajstić information content (AvgIpc) is 3.50. The summed E-state index contributed by atoms with van der Waals surface area (Å²) in [5.41, 5.74) is 4.09. The summed E-state index contributed by atoms with van der Waals surface area (Å²) in [6.07, 6.45) is 2.51. The molecule has 2 aliphatic rings. The van der Waals surface area contributed by atoms with Crippen LogP contribution < -0.4 is 10.1 Å². The minimum Gasteiger partial charge on any atom is -0.493 e. The van der Waals surface area contributed by atoms with Gasteiger partial charge in [0, 0.05) is 32.1 Å². The van der Waals surface area contributed by atoms with E-state index >= 15 is 0 Å². The van der Waals surface area contributed by atoms with Crippen LogP contribution in [-0.2, 0) is 24.4 Å². The Morgan fingerprint density at radius 1 is 1.11 bits per heavy atom. The molecule has 2 aromatic rings. The summed E-state index contributed by atoms with van der Waals surface area (Å²) in [6, 6.07) is 14.1. The molecule has 0 aromatic heterocycles. The van der Waals surface area contributed by atoms with Crippen LogP contribution in [0.4, 0.5) is 0 Å². The molecule has 1 aliphatic heterocycles. The first kappa shape index (κ1) is 18.7. The highest BCUT2D eigenvalue weighted by molar-refractivity contribution is 6.00. The maximum absolute atomic E-state index is 12.7. The highest BCUT2D eigenvalue weighted by Crippen LogP contribution is 2.30. The molecule has 146 valence electrons. The molecule has 2 aromatic carbocycles. The summed E-state index contributed by atoms with van der Waals surface area (Å²) < 4.78 is 5.82. The molecule has 0 atom stereocenters. The first-order chi connectivity index (χ1) is 13.6. The second-order valence-electron chi connectivity index (χ2n) is 7.87. The zero-order valence-electron chi connectivity index (χ0n) is 16.2. The number of Topliss-reactive ketones (excluding diaryl/α,β-unsaturated/α-hetero) is 1. The van der Waals surface area contributed by atoms with Gasteiger partial charge < -0.3 is 10.1 Å². The third-order valence-electron chi connectivity index (χ3n) is 5.30. The predicted octanol–water partition coefficient (Wildman–Crippen LogP) is 3.31. The minimum atomic E-state index is -0.0318. The molecule has 4 rings (SSSR count). The summed E-state index contributed by atoms with van der Waals surface area (Å²) >= 11 is 0. The Labute approximate surface area is 165 Å². The van der Waals surface area contributed by atoms with E-state index in [0.717, 1.165) is 47.7 Å². The van der Waals surface area contributed by atoms with E-state index in [-0.39, 0.29) is 11.7 Å². The topological polar surface area (TPSA) is 58.6 Å². The molecule has 1 N–H and O–H groups in total. The van der Waals surface area contributed by atoms with Crippen molar-refractivity contribution >= 4 is 11.7 Å². The normalized spacial score (nSPS) is 16.5. The van der Waals surface area contributed by atoms with Crippen LogP contribution in [0.25, 0.3) is 0 Å². The summed E-state index contributed by atoms with van der Waals surface area (Å²) in [7, 11) is 0. The van der Waals surface area contributed by atoms with Crippen LogP contribution in [0, 0.1) is 5.92 Å². The maximum atomic E-state index is 12.7. The van der Waals surface area contributed by atoms with Crippen LogP contribution in [0.15, 0.2) is 42.5 Å². The molecule has 0 bridgehead atoms. The Morgan fingerprint density at radius 2 is 1.86 bits per heavy atom. The van der Waals surface area contributed by atoms with Gasteiger partial charge in [0.05, 0.1) is 13.2 Å². The van der Waals surface area contributed by atoms with Crippen LogP contribution >= 0.6 is 0 Å². The molecule has 5 nitrogen and oxygen atoms in total. The molecule has 1 amide bonds. The third-order valence-corrected chi connectivity index (χ3v) is 5.30. The lowest BCUT2D eigenvalue weighted by Gasteiger charge is -2.28. The SMILES string of the molecule is CC(=O)NCc1ccc(CN2CC(=O)c3cc(OCC4CC4)ccc3C2)cc1. The van der Waals surface area contributed by atoms with Crippen molar-refractivity contribution in [2.75, 3.05) is 13.2 Å². The van der Waals surface area contributed by atoms with Crippen LogP contribution in [0.5, 0.6) is 5.75 Å². The van der Waals surface area contributed by atoms with Gasteiger partial charge in [0.2, 0.25) is 5.91 Å². The van der Waals surface area contributed by atoms with Gasteiger partial charge in [-0.3, -0.25) is 14.5 Å². The summed E-state index contributed by atoms with van der Waals surface area (Å²) in [4.78, 5) is 25.8. The number of ether oxygens (including phenoxy) is 1. The van der Waals surface area contributed by atoms with E-state index in [4.69, 9.17) is 4.74 Å². The van der Waals surface area contributed by atoms with Gasteiger partial charge in [-0.25, -0.2) is 0 Å². The molecule has 0 saturated heterocycles. The molecule has 0 unspecified atom stereocenters. The van der Waals surface area contributed by atoms with E-state index in [1.807, 2.05) is 30.3 Å². The number of nitrogens with one attached hydrogen (secondary N) is 1. The molecule has 1 saturated carbocycles. The number of fused-ring (bicyclic) bond motifs is 1. The Morgan fingerprint density at radius 3 is 2.57 bits per heavy atom. The highest BCUT2D eigenvalue weighted by atomic mass is 16.5. The number of benzene rings is 2. The van der Waals surface area contributed by atoms with E-state index in [2.05, 4.69) is 22.3 Å². The van der Waals surface area contributed by atoms with Crippen LogP contribution in [0.2, 0.25) is 0 Å². The Kier molecular flexibility index (Phi) is 5.44. The van der Waals surface area contributed by atoms with Crippen LogP contribution in [0.3, 0.4) is 0 Å². The number of carbonyl (C=O) groups excluding carboxylic acids is 2. The van der Waals surface area contributed by atoms with Crippen molar-refractivity contribution in [1.29, 1.82) is 0 Å². The van der Waals surface area contributed by atoms with Gasteiger partial charge >= 0.3 is 0 Å². The van der Waals surface area contributed by atoms with Gasteiger partial charge in [-0.1, -0.05) is 30.3 Å². The smallest absolute Gasteiger partial charge is 0.217 e. The number of rotatable bonds is 7. The van der Waals surface area contributed by atoms with Gasteiger partial charge in [-0.15, -0.1) is 0 Å². The quantitative estimate of drug-likeness (QED) is 0.803. The first-order valence-corrected chi connectivity index (χ1v) is 9.90. The third kappa shape index (κ3) is 4.78. The van der Waals surface area contributed by atoms with Crippen molar-refractivity contribution in [2.24, 2.45) is 5.92 Å². The lowest BCUT2D eigenvalue weighted by atomic mass is 9.97. The van der Waals surface area contributed by atoms with E-state index < -0.39 is 0 Å². The largest absolute Gasteiger partial charge is 0.493 e. The Balaban J connectivity index is 1.37. The molecule has 1 aliphatic carbocycles. The van der Waals surface area contributed by atoms with Crippen molar-refractivity contribution in [3.63, 3.8) is 0 Å². The summed E-state index contributed by atoms with van der Waals surface area (Å²) in [5, 5.41) is 2.80. The van der Waals surface area contributed by atoms with Gasteiger partial charge in [-0.2, -0.15) is 0 Å². The zero-order chi connectivity index (χ0) is 19.5. The second kappa shape index (κ2) is 8.15. The van der Waals surface area contributed by atoms with E-state index in [1.54, 1.807) is 0 Å². The fourth-order valence-corrected chi connectivity index (χ4v) is 3.49. The Hall–Kier alpha value is -2.66. The van der Waals surface area contributed by atoms with E-state index in [1.165, 1.54) is 19.8 Å². The molecule has 5 heteroatoms. The lowest BCUT2D eigenvalue weighted by molar-refractivity contribution is -0.119. The van der Waals surface area contributed by atoms with Crippen molar-refractivity contribution in [1.82, 2.24) is 10.2 Å². The number of amides is 1. The molecule has 1 fully saturated rings. The summed E-state index contributed by atoms with van der Waals surface area (Å²) in [5.74, 6) is 1.63. The maximum Gasteiger partial charge on any atom is 0.217 e. The second-order valence-corrected chi connectivity index (χ2v) is 7.87. The standard InChI is InChI=1S/C23H26N2O3/c1-16(26)24-11-17-2-4-18(5-3-17)12-25-13-20-8-9-21(28-15-19-6-7-19)10-22(20)23(27)14-25/h2-5,8-10,19H,6-7,11-15H2,1H3,(H,24,26). The molecule has 0 radical (unpaired) electrons. The van der Waals surface area contributed by atoms with Crippen molar-refractivity contribution in [3.8, 4) is 5.75 Å². The van der Waals surface area contributed by atoms with Gasteiger partial charge in [-0.05, 0) is 47.6 Å². The van der Waals surface area contributed by atoms with E-state index in [9.17, 15) is 9.59 Å². The molecule has 0 spiro atoms. The number of nitrogens with zero attached hydrogens (tertiary/aromatic N) is 1. The first-order valence-electron chi connectivity index (χ1n) is 9.90. The van der Waals surface area contributed by atoms with Crippen LogP contribution in [-0.4, -0.2) is 29.7 Å². The zero-order valence-corrected chi connectivity index (χ0v) is 16.2.